The number of carbonyl (C=O) groups is 1. The van der Waals surface area contributed by atoms with Crippen LogP contribution in [-0.4, -0.2) is 11.5 Å². The molecule has 0 aliphatic rings. The molecule has 50 valence electrons. The Kier molecular flexibility index (Phi) is 3.35. The van der Waals surface area contributed by atoms with E-state index in [2.05, 4.69) is 0 Å². The van der Waals surface area contributed by atoms with Gasteiger partial charge in [-0.3, -0.25) is 10.2 Å². The molecule has 0 amide bonds. The minimum Gasteiger partial charge on any atom is -0.404 e. The van der Waals surface area contributed by atoms with Gasteiger partial charge < -0.3 is 5.73 Å². The third kappa shape index (κ3) is 4.74. The molecule has 0 aliphatic carbocycles. The van der Waals surface area contributed by atoms with Crippen molar-refractivity contribution in [2.75, 3.05) is 0 Å². The summed E-state index contributed by atoms with van der Waals surface area (Å²) in [5.74, 6) is 0.0469. The van der Waals surface area contributed by atoms with Gasteiger partial charge in [0, 0.05) is 12.3 Å². The summed E-state index contributed by atoms with van der Waals surface area (Å²) >= 11 is 0. The summed E-state index contributed by atoms with van der Waals surface area (Å²) in [5.41, 5.74) is 5.52. The third-order valence-electron chi connectivity index (χ3n) is 0.763. The van der Waals surface area contributed by atoms with E-state index in [1.807, 2.05) is 0 Å². The molecule has 0 aliphatic heterocycles. The first kappa shape index (κ1) is 7.88. The highest BCUT2D eigenvalue weighted by Crippen LogP contribution is 1.81. The van der Waals surface area contributed by atoms with Gasteiger partial charge in [-0.05, 0) is 6.92 Å². The van der Waals surface area contributed by atoms with Gasteiger partial charge >= 0.3 is 0 Å². The topological polar surface area (TPSA) is 68.7 Å². The first-order valence-corrected chi connectivity index (χ1v) is 2.66. The number of nitrogens with two attached hydrogens (primary N) is 2. The average Bonchev–Trinajstić information content (AvgIpc) is 1.63. The zero-order valence-corrected chi connectivity index (χ0v) is 5.42. The second kappa shape index (κ2) is 3.83. The zero-order valence-electron chi connectivity index (χ0n) is 5.42. The van der Waals surface area contributed by atoms with Crippen LogP contribution < -0.4 is 11.1 Å². The van der Waals surface area contributed by atoms with Crippen LogP contribution in [0, 0.1) is 0 Å². The van der Waals surface area contributed by atoms with E-state index in [-0.39, 0.29) is 12.2 Å². The van der Waals surface area contributed by atoms with E-state index in [9.17, 15) is 4.79 Å². The van der Waals surface area contributed by atoms with Gasteiger partial charge in [0.25, 0.3) is 0 Å². The minimum atomic E-state index is 0.0469. The van der Waals surface area contributed by atoms with Crippen LogP contribution in [0.25, 0.3) is 0 Å². The quantitative estimate of drug-likeness (QED) is 0.460. The largest absolute Gasteiger partial charge is 0.404 e. The van der Waals surface area contributed by atoms with Crippen molar-refractivity contribution in [3.63, 3.8) is 0 Å². The minimum absolute atomic E-state index is 0.0469. The van der Waals surface area contributed by atoms with Gasteiger partial charge in [-0.2, -0.15) is 0 Å². The molecule has 4 N–H and O–H groups in total. The molecule has 0 saturated carbocycles. The summed E-state index contributed by atoms with van der Waals surface area (Å²) < 4.78 is 0. The lowest BCUT2D eigenvalue weighted by Crippen LogP contribution is -2.39. The number of Topliss-reactive ketones (excluding diaryl/α,β-unsaturated/α-hetero) is 1. The van der Waals surface area contributed by atoms with Crippen molar-refractivity contribution in [3.05, 3.63) is 12.3 Å². The summed E-state index contributed by atoms with van der Waals surface area (Å²) in [6.45, 7) is 1.48. The molecule has 0 aromatic carbocycles. The van der Waals surface area contributed by atoms with Gasteiger partial charge in [-0.25, -0.2) is 0 Å². The van der Waals surface area contributed by atoms with Crippen LogP contribution in [0.4, 0.5) is 0 Å². The second-order valence-electron chi connectivity index (χ2n) is 1.81. The normalized spacial score (nSPS) is 9.89. The van der Waals surface area contributed by atoms with Crippen LogP contribution in [0.15, 0.2) is 12.3 Å². The van der Waals surface area contributed by atoms with Crippen LogP contribution >= 0.6 is 0 Å². The first-order valence-electron chi connectivity index (χ1n) is 2.66. The summed E-state index contributed by atoms with van der Waals surface area (Å²) in [5, 5.41) is 5.31. The number of carbonyl (C=O) groups excluding carboxylic acids is 1. The molecule has 0 rings (SSSR count). The molecule has 0 fully saturated rings. The van der Waals surface area contributed by atoms with E-state index < -0.39 is 0 Å². The van der Waals surface area contributed by atoms with E-state index in [1.165, 1.54) is 19.2 Å². The Morgan fingerprint density at radius 1 is 1.78 bits per heavy atom. The highest BCUT2D eigenvalue weighted by atomic mass is 16.1. The predicted octanol–water partition coefficient (Wildman–Crippen LogP) is -1.36. The maximum Gasteiger partial charge on any atom is 0.181 e. The van der Waals surface area contributed by atoms with Crippen molar-refractivity contribution in [1.29, 1.82) is 0 Å². The van der Waals surface area contributed by atoms with Crippen LogP contribution in [-0.2, 0) is 4.79 Å². The van der Waals surface area contributed by atoms with Crippen molar-refractivity contribution in [1.82, 2.24) is 0 Å². The monoisotopic (exact) mass is 127 g/mol. The van der Waals surface area contributed by atoms with Crippen molar-refractivity contribution >= 4 is 11.5 Å². The molecule has 3 nitrogen and oxygen atoms in total. The summed E-state index contributed by atoms with van der Waals surface area (Å²) in [7, 11) is 0. The Bertz CT molecular complexity index is 149. The van der Waals surface area contributed by atoms with Crippen LogP contribution in [0.2, 0.25) is 0 Å². The molecule has 0 heterocycles. The maximum absolute atomic E-state index is 10.4. The Balaban J connectivity index is 3.64. The molecule has 0 spiro atoms. The SMILES string of the molecule is CC(=O)CC(=[NH2+])/C=C\N. The van der Waals surface area contributed by atoms with Crippen LogP contribution in [0.5, 0.6) is 0 Å². The predicted molar refractivity (Wildman–Crippen MR) is 35.6 cm³/mol. The summed E-state index contributed by atoms with van der Waals surface area (Å²) in [4.78, 5) is 10.4. The molecule has 3 heteroatoms. The van der Waals surface area contributed by atoms with Crippen molar-refractivity contribution in [2.24, 2.45) is 5.73 Å². The third-order valence-corrected chi connectivity index (χ3v) is 0.763. The molecule has 0 aromatic heterocycles. The van der Waals surface area contributed by atoms with E-state index >= 15 is 0 Å². The molecule has 0 aromatic rings. The Morgan fingerprint density at radius 3 is 2.67 bits per heavy atom. The van der Waals surface area contributed by atoms with Crippen molar-refractivity contribution in [3.8, 4) is 0 Å². The lowest BCUT2D eigenvalue weighted by atomic mass is 10.2. The lowest BCUT2D eigenvalue weighted by molar-refractivity contribution is -0.123. The first-order chi connectivity index (χ1) is 4.16. The molecular formula is C6H11N2O+. The smallest absolute Gasteiger partial charge is 0.181 e. The Hall–Kier alpha value is -1.12. The van der Waals surface area contributed by atoms with E-state index in [1.54, 1.807) is 0 Å². The van der Waals surface area contributed by atoms with E-state index in [0.717, 1.165) is 0 Å². The molecular weight excluding hydrogens is 116 g/mol. The van der Waals surface area contributed by atoms with Crippen molar-refractivity contribution in [2.45, 2.75) is 13.3 Å². The fourth-order valence-corrected chi connectivity index (χ4v) is 0.470. The fraction of sp³-hybridized carbons (Fsp3) is 0.333. The number of ketones is 1. The molecule has 0 radical (unpaired) electrons. The molecule has 9 heavy (non-hydrogen) atoms. The van der Waals surface area contributed by atoms with Gasteiger partial charge in [0.2, 0.25) is 0 Å². The zero-order chi connectivity index (χ0) is 7.28. The van der Waals surface area contributed by atoms with Gasteiger partial charge in [0.1, 0.15) is 5.78 Å². The summed E-state index contributed by atoms with van der Waals surface area (Å²) in [6, 6.07) is 0. The fourth-order valence-electron chi connectivity index (χ4n) is 0.470. The van der Waals surface area contributed by atoms with E-state index in [4.69, 9.17) is 11.1 Å². The number of hydrogen-bond donors (Lipinski definition) is 2. The standard InChI is InChI=1S/C6H10N2O/c1-5(9)4-6(8)2-3-7/h2-3,8H,4,7H2,1H3/p+1/b3-2-,8-6?. The number of hydrogen-bond acceptors (Lipinski definition) is 2. The van der Waals surface area contributed by atoms with Gasteiger partial charge in [-0.1, -0.05) is 0 Å². The highest BCUT2D eigenvalue weighted by molar-refractivity contribution is 6.03. The van der Waals surface area contributed by atoms with Gasteiger partial charge in [0.15, 0.2) is 5.71 Å². The van der Waals surface area contributed by atoms with Crippen LogP contribution in [0.1, 0.15) is 13.3 Å². The highest BCUT2D eigenvalue weighted by Gasteiger charge is 1.99. The number of rotatable bonds is 3. The van der Waals surface area contributed by atoms with E-state index in [0.29, 0.717) is 5.71 Å². The molecule has 0 bridgehead atoms. The average molecular weight is 127 g/mol. The second-order valence-corrected chi connectivity index (χ2v) is 1.81. The molecule has 0 atom stereocenters. The van der Waals surface area contributed by atoms with Crippen molar-refractivity contribution < 1.29 is 10.2 Å². The Labute approximate surface area is 54.1 Å². The van der Waals surface area contributed by atoms with Crippen LogP contribution in [0.3, 0.4) is 0 Å². The Morgan fingerprint density at radius 2 is 2.33 bits per heavy atom. The number of allylic oxidation sites excluding steroid dienone is 1. The molecule has 0 unspecified atom stereocenters. The molecule has 0 saturated heterocycles. The van der Waals surface area contributed by atoms with Gasteiger partial charge in [-0.15, -0.1) is 0 Å². The lowest BCUT2D eigenvalue weighted by Gasteiger charge is -1.83. The summed E-state index contributed by atoms with van der Waals surface area (Å²) in [6.07, 6.45) is 3.12. The maximum atomic E-state index is 10.4. The van der Waals surface area contributed by atoms with Gasteiger partial charge in [0.05, 0.1) is 6.42 Å².